The fourth-order valence-corrected chi connectivity index (χ4v) is 1.55. The zero-order chi connectivity index (χ0) is 13.5. The smallest absolute Gasteiger partial charge is 0.328 e. The molecule has 6 nitrogen and oxygen atoms in total. The largest absolute Gasteiger partial charge is 0.508 e. The maximum Gasteiger partial charge on any atom is 0.328 e. The summed E-state index contributed by atoms with van der Waals surface area (Å²) in [6.07, 6.45) is 0.332. The topological polar surface area (TPSA) is 107 Å². The van der Waals surface area contributed by atoms with E-state index < -0.39 is 12.0 Å². The van der Waals surface area contributed by atoms with E-state index in [1.807, 2.05) is 0 Å². The van der Waals surface area contributed by atoms with Gasteiger partial charge in [-0.25, -0.2) is 4.79 Å². The molecular weight excluding hydrogens is 250 g/mol. The van der Waals surface area contributed by atoms with Crippen molar-refractivity contribution in [3.8, 4) is 5.75 Å². The van der Waals surface area contributed by atoms with Gasteiger partial charge in [0.25, 0.3) is 0 Å². The molecular formula is C13H19NO5. The van der Waals surface area contributed by atoms with Crippen molar-refractivity contribution in [3.63, 3.8) is 0 Å². The van der Waals surface area contributed by atoms with Gasteiger partial charge in [-0.15, -0.1) is 0 Å². The predicted molar refractivity (Wildman–Crippen MR) is 69.7 cm³/mol. The van der Waals surface area contributed by atoms with Crippen molar-refractivity contribution in [2.45, 2.75) is 26.3 Å². The van der Waals surface area contributed by atoms with Crippen LogP contribution in [0.5, 0.6) is 5.75 Å². The van der Waals surface area contributed by atoms with Crippen LogP contribution in [0.4, 0.5) is 0 Å². The van der Waals surface area contributed by atoms with E-state index in [0.29, 0.717) is 6.42 Å². The molecule has 0 bridgehead atoms. The number of benzene rings is 1. The Balaban J connectivity index is 0.00000324. The molecule has 0 saturated heterocycles. The molecule has 1 amide bonds. The Labute approximate surface area is 111 Å². The summed E-state index contributed by atoms with van der Waals surface area (Å²) in [4.78, 5) is 22.7. The van der Waals surface area contributed by atoms with Crippen molar-refractivity contribution in [1.82, 2.24) is 5.32 Å². The average Bonchev–Trinajstić information content (AvgIpc) is 2.31. The third-order valence-electron chi connectivity index (χ3n) is 2.32. The standard InChI is InChI=1S/C13H17NO4.H2O/c1-3-18-13(17)12(14-9(2)15)8-10-4-6-11(16)7-5-10;/h4-7,12,16H,3,8H2,1-2H3,(H,14,15);1H2/t12-;/m0./s1. The summed E-state index contributed by atoms with van der Waals surface area (Å²) < 4.78 is 4.90. The van der Waals surface area contributed by atoms with E-state index in [9.17, 15) is 9.59 Å². The van der Waals surface area contributed by atoms with Crippen LogP contribution >= 0.6 is 0 Å². The van der Waals surface area contributed by atoms with E-state index in [0.717, 1.165) is 5.56 Å². The Hall–Kier alpha value is -2.08. The van der Waals surface area contributed by atoms with Crippen molar-refractivity contribution >= 4 is 11.9 Å². The quantitative estimate of drug-likeness (QED) is 0.743. The summed E-state index contributed by atoms with van der Waals surface area (Å²) in [5, 5.41) is 11.7. The molecule has 0 unspecified atom stereocenters. The zero-order valence-electron chi connectivity index (χ0n) is 11.0. The molecule has 0 aromatic heterocycles. The molecule has 0 saturated carbocycles. The summed E-state index contributed by atoms with van der Waals surface area (Å²) in [5.74, 6) is -0.585. The summed E-state index contributed by atoms with van der Waals surface area (Å²) in [7, 11) is 0. The van der Waals surface area contributed by atoms with Gasteiger partial charge in [0.1, 0.15) is 11.8 Å². The monoisotopic (exact) mass is 269 g/mol. The molecule has 1 aromatic rings. The highest BCUT2D eigenvalue weighted by Crippen LogP contribution is 2.11. The number of carbonyl (C=O) groups is 2. The minimum atomic E-state index is -0.702. The number of phenols is 1. The van der Waals surface area contributed by atoms with Crippen molar-refractivity contribution in [2.24, 2.45) is 0 Å². The van der Waals surface area contributed by atoms with Crippen LogP contribution in [0.15, 0.2) is 24.3 Å². The highest BCUT2D eigenvalue weighted by atomic mass is 16.5. The maximum absolute atomic E-state index is 11.7. The SMILES string of the molecule is CCOC(=O)[C@H](Cc1ccc(O)cc1)NC(C)=O.O. The van der Waals surface area contributed by atoms with Gasteiger partial charge in [0, 0.05) is 13.3 Å². The molecule has 1 atom stereocenters. The van der Waals surface area contributed by atoms with Crippen molar-refractivity contribution < 1.29 is 24.9 Å². The second-order valence-electron chi connectivity index (χ2n) is 3.88. The molecule has 0 aliphatic heterocycles. The molecule has 1 aromatic carbocycles. The lowest BCUT2D eigenvalue weighted by Gasteiger charge is -2.16. The van der Waals surface area contributed by atoms with Crippen LogP contribution in [0.25, 0.3) is 0 Å². The Morgan fingerprint density at radius 1 is 1.32 bits per heavy atom. The van der Waals surface area contributed by atoms with E-state index in [1.54, 1.807) is 19.1 Å². The number of phenolic OH excluding ortho intramolecular Hbond substituents is 1. The molecule has 1 rings (SSSR count). The molecule has 0 spiro atoms. The molecule has 0 radical (unpaired) electrons. The van der Waals surface area contributed by atoms with Crippen LogP contribution in [-0.2, 0) is 20.7 Å². The first-order valence-corrected chi connectivity index (χ1v) is 5.74. The fraction of sp³-hybridized carbons (Fsp3) is 0.385. The van der Waals surface area contributed by atoms with Gasteiger partial charge in [-0.2, -0.15) is 0 Å². The Morgan fingerprint density at radius 3 is 2.37 bits per heavy atom. The lowest BCUT2D eigenvalue weighted by atomic mass is 10.1. The molecule has 0 heterocycles. The second-order valence-corrected chi connectivity index (χ2v) is 3.88. The van der Waals surface area contributed by atoms with E-state index >= 15 is 0 Å². The van der Waals surface area contributed by atoms with Gasteiger partial charge in [-0.3, -0.25) is 4.79 Å². The van der Waals surface area contributed by atoms with Crippen LogP contribution in [0.2, 0.25) is 0 Å². The van der Waals surface area contributed by atoms with Crippen LogP contribution in [-0.4, -0.2) is 35.1 Å². The predicted octanol–water partition coefficient (Wildman–Crippen LogP) is 0.178. The maximum atomic E-state index is 11.7. The van der Waals surface area contributed by atoms with Crippen molar-refractivity contribution in [3.05, 3.63) is 29.8 Å². The number of nitrogens with one attached hydrogen (secondary N) is 1. The first kappa shape index (κ1) is 16.9. The fourth-order valence-electron chi connectivity index (χ4n) is 1.55. The minimum Gasteiger partial charge on any atom is -0.508 e. The zero-order valence-corrected chi connectivity index (χ0v) is 11.0. The van der Waals surface area contributed by atoms with Crippen LogP contribution in [0.1, 0.15) is 19.4 Å². The highest BCUT2D eigenvalue weighted by molar-refractivity contribution is 5.83. The third-order valence-corrected chi connectivity index (χ3v) is 2.32. The highest BCUT2D eigenvalue weighted by Gasteiger charge is 2.20. The first-order valence-electron chi connectivity index (χ1n) is 5.74. The Bertz CT molecular complexity index is 416. The number of rotatable bonds is 5. The van der Waals surface area contributed by atoms with Gasteiger partial charge in [0.2, 0.25) is 5.91 Å². The number of hydrogen-bond acceptors (Lipinski definition) is 4. The molecule has 0 fully saturated rings. The van der Waals surface area contributed by atoms with Crippen LogP contribution in [0, 0.1) is 0 Å². The number of ether oxygens (including phenoxy) is 1. The first-order chi connectivity index (χ1) is 8.52. The van der Waals surface area contributed by atoms with Gasteiger partial charge < -0.3 is 20.6 Å². The summed E-state index contributed by atoms with van der Waals surface area (Å²) in [6, 6.07) is 5.76. The number of amides is 1. The average molecular weight is 269 g/mol. The van der Waals surface area contributed by atoms with Gasteiger partial charge in [-0.05, 0) is 24.6 Å². The lowest BCUT2D eigenvalue weighted by Crippen LogP contribution is -2.42. The van der Waals surface area contributed by atoms with Crippen LogP contribution in [0.3, 0.4) is 0 Å². The third kappa shape index (κ3) is 5.87. The second kappa shape index (κ2) is 8.10. The Kier molecular flexibility index (Phi) is 7.21. The molecule has 0 aliphatic carbocycles. The summed E-state index contributed by atoms with van der Waals surface area (Å²) in [5.41, 5.74) is 0.833. The van der Waals surface area contributed by atoms with Gasteiger partial charge in [-0.1, -0.05) is 12.1 Å². The van der Waals surface area contributed by atoms with E-state index in [4.69, 9.17) is 9.84 Å². The normalized spacial score (nSPS) is 11.1. The summed E-state index contributed by atoms with van der Waals surface area (Å²) >= 11 is 0. The molecule has 0 aliphatic rings. The van der Waals surface area contributed by atoms with E-state index in [1.165, 1.54) is 19.1 Å². The molecule has 6 heteroatoms. The van der Waals surface area contributed by atoms with Gasteiger partial charge in [0.15, 0.2) is 0 Å². The van der Waals surface area contributed by atoms with Gasteiger partial charge >= 0.3 is 5.97 Å². The van der Waals surface area contributed by atoms with Crippen LogP contribution < -0.4 is 5.32 Å². The number of hydrogen-bond donors (Lipinski definition) is 2. The molecule has 19 heavy (non-hydrogen) atoms. The number of carbonyl (C=O) groups excluding carboxylic acids is 2. The van der Waals surface area contributed by atoms with E-state index in [-0.39, 0.29) is 23.7 Å². The van der Waals surface area contributed by atoms with Gasteiger partial charge in [0.05, 0.1) is 6.61 Å². The Morgan fingerprint density at radius 2 is 1.89 bits per heavy atom. The van der Waals surface area contributed by atoms with Crippen molar-refractivity contribution in [2.75, 3.05) is 6.61 Å². The number of aromatic hydroxyl groups is 1. The molecule has 4 N–H and O–H groups in total. The minimum absolute atomic E-state index is 0. The summed E-state index contributed by atoms with van der Waals surface area (Å²) in [6.45, 7) is 3.33. The van der Waals surface area contributed by atoms with Crippen molar-refractivity contribution in [1.29, 1.82) is 0 Å². The van der Waals surface area contributed by atoms with E-state index in [2.05, 4.69) is 5.32 Å². The number of esters is 1. The molecule has 106 valence electrons. The lowest BCUT2D eigenvalue weighted by molar-refractivity contribution is -0.147.